The maximum Gasteiger partial charge on any atom is 0.277 e. The van der Waals surface area contributed by atoms with Crippen LogP contribution in [-0.4, -0.2) is 18.7 Å². The van der Waals surface area contributed by atoms with Gasteiger partial charge in [0, 0.05) is 9.35 Å². The lowest BCUT2D eigenvalue weighted by molar-refractivity contribution is -0.123. The van der Waals surface area contributed by atoms with E-state index in [9.17, 15) is 4.79 Å². The molecule has 104 valence electrons. The maximum absolute atomic E-state index is 11.5. The van der Waals surface area contributed by atoms with E-state index < -0.39 is 0 Å². The molecule has 1 N–H and O–H groups in total. The minimum atomic E-state index is -0.327. The first-order valence-corrected chi connectivity index (χ1v) is 7.58. The van der Waals surface area contributed by atoms with Gasteiger partial charge in [0.15, 0.2) is 6.61 Å². The number of amides is 1. The number of carbonyl (C=O) groups is 1. The van der Waals surface area contributed by atoms with Crippen LogP contribution in [0.5, 0.6) is 5.75 Å². The van der Waals surface area contributed by atoms with Gasteiger partial charge in [0.05, 0.1) is 10.6 Å². The fraction of sp³-hybridized carbons (Fsp3) is 0.0769. The van der Waals surface area contributed by atoms with Crippen molar-refractivity contribution >= 4 is 51.0 Å². The van der Waals surface area contributed by atoms with E-state index in [1.54, 1.807) is 18.2 Å². The molecule has 2 aromatic rings. The van der Waals surface area contributed by atoms with Crippen LogP contribution >= 0.6 is 38.9 Å². The Hall–Kier alpha value is -1.37. The zero-order valence-electron chi connectivity index (χ0n) is 10.2. The van der Waals surface area contributed by atoms with Crippen LogP contribution in [0.25, 0.3) is 0 Å². The van der Waals surface area contributed by atoms with Crippen LogP contribution < -0.4 is 10.2 Å². The predicted octanol–water partition coefficient (Wildman–Crippen LogP) is 3.69. The van der Waals surface area contributed by atoms with E-state index in [0.29, 0.717) is 10.1 Å². The number of nitrogens with zero attached hydrogens (tertiary/aromatic N) is 1. The summed E-state index contributed by atoms with van der Waals surface area (Å²) in [5.41, 5.74) is 2.38. The Kier molecular flexibility index (Phi) is 5.58. The molecule has 0 unspecified atom stereocenters. The van der Waals surface area contributed by atoms with Crippen LogP contribution in [0.15, 0.2) is 46.0 Å². The van der Waals surface area contributed by atoms with Crippen molar-refractivity contribution in [2.24, 2.45) is 5.10 Å². The second-order valence-corrected chi connectivity index (χ2v) is 6.34. The van der Waals surface area contributed by atoms with E-state index in [4.69, 9.17) is 16.3 Å². The van der Waals surface area contributed by atoms with Gasteiger partial charge in [-0.2, -0.15) is 5.10 Å². The van der Waals surface area contributed by atoms with Gasteiger partial charge in [-0.05, 0) is 36.4 Å². The highest BCUT2D eigenvalue weighted by molar-refractivity contribution is 9.10. The van der Waals surface area contributed by atoms with E-state index in [1.807, 2.05) is 18.2 Å². The highest BCUT2D eigenvalue weighted by Crippen LogP contribution is 2.19. The van der Waals surface area contributed by atoms with Gasteiger partial charge in [0.1, 0.15) is 5.75 Å². The largest absolute Gasteiger partial charge is 0.484 e. The van der Waals surface area contributed by atoms with Crippen molar-refractivity contribution in [2.75, 3.05) is 6.61 Å². The van der Waals surface area contributed by atoms with Crippen molar-refractivity contribution in [2.45, 2.75) is 0 Å². The lowest BCUT2D eigenvalue weighted by Crippen LogP contribution is -2.24. The summed E-state index contributed by atoms with van der Waals surface area (Å²) in [5.74, 6) is 0.296. The Bertz CT molecular complexity index is 613. The molecule has 2 rings (SSSR count). The third kappa shape index (κ3) is 4.96. The van der Waals surface area contributed by atoms with Crippen LogP contribution in [0.4, 0.5) is 0 Å². The Morgan fingerprint density at radius 2 is 2.10 bits per heavy atom. The lowest BCUT2D eigenvalue weighted by atomic mass is 10.3. The number of hydrogen-bond donors (Lipinski definition) is 1. The van der Waals surface area contributed by atoms with Crippen molar-refractivity contribution < 1.29 is 9.53 Å². The number of carbonyl (C=O) groups excluding carboxylic acids is 1. The van der Waals surface area contributed by atoms with Gasteiger partial charge in [-0.25, -0.2) is 5.43 Å². The van der Waals surface area contributed by atoms with Crippen LogP contribution in [0.1, 0.15) is 4.88 Å². The molecule has 1 amide bonds. The fourth-order valence-corrected chi connectivity index (χ4v) is 2.47. The molecule has 7 heteroatoms. The first kappa shape index (κ1) is 15.0. The standard InChI is InChI=1S/C13H10BrClN2O2S/c14-9-1-3-10(4-2-9)19-8-13(18)17-16-7-11-5-6-12(15)20-11/h1-7H,8H2,(H,17,18)/b16-7-. The highest BCUT2D eigenvalue weighted by atomic mass is 79.9. The number of halogens is 2. The minimum absolute atomic E-state index is 0.0931. The summed E-state index contributed by atoms with van der Waals surface area (Å²) in [7, 11) is 0. The van der Waals surface area contributed by atoms with Crippen LogP contribution in [0, 0.1) is 0 Å². The zero-order chi connectivity index (χ0) is 14.4. The van der Waals surface area contributed by atoms with Gasteiger partial charge in [-0.3, -0.25) is 4.79 Å². The number of hydrogen-bond acceptors (Lipinski definition) is 4. The Balaban J connectivity index is 1.75. The second-order valence-electron chi connectivity index (χ2n) is 3.68. The Labute approximate surface area is 133 Å². The van der Waals surface area contributed by atoms with Gasteiger partial charge < -0.3 is 4.74 Å². The quantitative estimate of drug-likeness (QED) is 0.642. The number of ether oxygens (including phenoxy) is 1. The second kappa shape index (κ2) is 7.42. The molecule has 1 heterocycles. The van der Waals surface area contributed by atoms with Crippen molar-refractivity contribution in [1.29, 1.82) is 0 Å². The summed E-state index contributed by atoms with van der Waals surface area (Å²) >= 11 is 10.5. The molecule has 1 aromatic heterocycles. The molecule has 0 spiro atoms. The summed E-state index contributed by atoms with van der Waals surface area (Å²) in [6, 6.07) is 10.8. The molecule has 0 aliphatic carbocycles. The van der Waals surface area contributed by atoms with Crippen LogP contribution in [0.3, 0.4) is 0 Å². The molecule has 0 aliphatic heterocycles. The third-order valence-electron chi connectivity index (χ3n) is 2.16. The lowest BCUT2D eigenvalue weighted by Gasteiger charge is -2.04. The molecule has 0 aliphatic rings. The topological polar surface area (TPSA) is 50.7 Å². The van der Waals surface area contributed by atoms with E-state index >= 15 is 0 Å². The molecule has 20 heavy (non-hydrogen) atoms. The molecule has 0 saturated carbocycles. The van der Waals surface area contributed by atoms with Gasteiger partial charge in [0.2, 0.25) is 0 Å². The van der Waals surface area contributed by atoms with E-state index in [-0.39, 0.29) is 12.5 Å². The summed E-state index contributed by atoms with van der Waals surface area (Å²) in [5, 5.41) is 3.82. The van der Waals surface area contributed by atoms with E-state index in [2.05, 4.69) is 26.5 Å². The first-order valence-electron chi connectivity index (χ1n) is 5.59. The van der Waals surface area contributed by atoms with E-state index in [0.717, 1.165) is 9.35 Å². The molecule has 0 atom stereocenters. The van der Waals surface area contributed by atoms with Gasteiger partial charge in [-0.1, -0.05) is 27.5 Å². The molecule has 4 nitrogen and oxygen atoms in total. The van der Waals surface area contributed by atoms with Gasteiger partial charge >= 0.3 is 0 Å². The van der Waals surface area contributed by atoms with Crippen molar-refractivity contribution in [3.05, 3.63) is 50.1 Å². The number of benzene rings is 1. The van der Waals surface area contributed by atoms with E-state index in [1.165, 1.54) is 17.6 Å². The Morgan fingerprint density at radius 1 is 1.35 bits per heavy atom. The molecule has 1 aromatic carbocycles. The monoisotopic (exact) mass is 372 g/mol. The van der Waals surface area contributed by atoms with Crippen molar-refractivity contribution in [3.8, 4) is 5.75 Å². The zero-order valence-corrected chi connectivity index (χ0v) is 13.3. The fourth-order valence-electron chi connectivity index (χ4n) is 1.28. The molecular weight excluding hydrogens is 364 g/mol. The summed E-state index contributed by atoms with van der Waals surface area (Å²) in [6.45, 7) is -0.0931. The molecular formula is C13H10BrClN2O2S. The average Bonchev–Trinajstić information content (AvgIpc) is 2.84. The number of hydrazone groups is 1. The number of thiophene rings is 1. The molecule has 0 radical (unpaired) electrons. The number of nitrogens with one attached hydrogen (secondary N) is 1. The first-order chi connectivity index (χ1) is 9.63. The molecule has 0 bridgehead atoms. The van der Waals surface area contributed by atoms with Crippen molar-refractivity contribution in [3.63, 3.8) is 0 Å². The third-order valence-corrected chi connectivity index (χ3v) is 3.85. The minimum Gasteiger partial charge on any atom is -0.484 e. The molecule has 0 saturated heterocycles. The van der Waals surface area contributed by atoms with Crippen LogP contribution in [-0.2, 0) is 4.79 Å². The predicted molar refractivity (Wildman–Crippen MR) is 84.7 cm³/mol. The highest BCUT2D eigenvalue weighted by Gasteiger charge is 2.01. The summed E-state index contributed by atoms with van der Waals surface area (Å²) in [4.78, 5) is 12.4. The average molecular weight is 374 g/mol. The Morgan fingerprint density at radius 3 is 2.75 bits per heavy atom. The van der Waals surface area contributed by atoms with Gasteiger partial charge in [-0.15, -0.1) is 11.3 Å². The normalized spacial score (nSPS) is 10.7. The van der Waals surface area contributed by atoms with Crippen molar-refractivity contribution in [1.82, 2.24) is 5.43 Å². The van der Waals surface area contributed by atoms with Crippen LogP contribution in [0.2, 0.25) is 4.34 Å². The summed E-state index contributed by atoms with van der Waals surface area (Å²) in [6.07, 6.45) is 1.54. The number of rotatable bonds is 5. The maximum atomic E-state index is 11.5. The molecule has 0 fully saturated rings. The summed E-state index contributed by atoms with van der Waals surface area (Å²) < 4.78 is 6.93. The smallest absolute Gasteiger partial charge is 0.277 e. The van der Waals surface area contributed by atoms with Gasteiger partial charge in [0.25, 0.3) is 5.91 Å². The SMILES string of the molecule is O=C(COc1ccc(Br)cc1)N/N=C\c1ccc(Cl)s1.